The predicted octanol–water partition coefficient (Wildman–Crippen LogP) is 4.47. The van der Waals surface area contributed by atoms with E-state index in [9.17, 15) is 0 Å². The Morgan fingerprint density at radius 1 is 0.923 bits per heavy atom. The molecular formula is C23H30N2O. The third-order valence-electron chi connectivity index (χ3n) is 5.68. The van der Waals surface area contributed by atoms with Gasteiger partial charge in [0.1, 0.15) is 12.4 Å². The molecule has 4 rings (SSSR count). The van der Waals surface area contributed by atoms with Gasteiger partial charge in [-0.05, 0) is 68.6 Å². The van der Waals surface area contributed by atoms with Crippen molar-refractivity contribution in [3.05, 3.63) is 54.1 Å². The summed E-state index contributed by atoms with van der Waals surface area (Å²) in [5.41, 5.74) is 3.78. The molecule has 1 saturated heterocycles. The first-order valence-electron chi connectivity index (χ1n) is 10.2. The van der Waals surface area contributed by atoms with Crippen LogP contribution < -0.4 is 10.1 Å². The van der Waals surface area contributed by atoms with Gasteiger partial charge in [0.2, 0.25) is 0 Å². The lowest BCUT2D eigenvalue weighted by Crippen LogP contribution is -2.35. The van der Waals surface area contributed by atoms with E-state index in [0.29, 0.717) is 6.04 Å². The molecule has 3 nitrogen and oxygen atoms in total. The van der Waals surface area contributed by atoms with Crippen molar-refractivity contribution in [2.45, 2.75) is 44.7 Å². The van der Waals surface area contributed by atoms with E-state index in [2.05, 4.69) is 58.7 Å². The Hall–Kier alpha value is -1.84. The van der Waals surface area contributed by atoms with Gasteiger partial charge < -0.3 is 10.1 Å². The van der Waals surface area contributed by atoms with Gasteiger partial charge in [-0.3, -0.25) is 4.90 Å². The number of nitrogens with one attached hydrogen (secondary N) is 1. The van der Waals surface area contributed by atoms with Gasteiger partial charge in [0.15, 0.2) is 0 Å². The highest BCUT2D eigenvalue weighted by Crippen LogP contribution is 2.31. The van der Waals surface area contributed by atoms with Crippen molar-refractivity contribution in [2.75, 3.05) is 26.2 Å². The molecule has 0 radical (unpaired) electrons. The highest BCUT2D eigenvalue weighted by molar-refractivity contribution is 5.70. The monoisotopic (exact) mass is 350 g/mol. The van der Waals surface area contributed by atoms with Gasteiger partial charge >= 0.3 is 0 Å². The highest BCUT2D eigenvalue weighted by atomic mass is 16.5. The van der Waals surface area contributed by atoms with Crippen LogP contribution in [0.25, 0.3) is 11.1 Å². The number of hydrogen-bond acceptors (Lipinski definition) is 3. The van der Waals surface area contributed by atoms with Crippen LogP contribution >= 0.6 is 0 Å². The van der Waals surface area contributed by atoms with Crippen molar-refractivity contribution < 1.29 is 4.74 Å². The van der Waals surface area contributed by atoms with Crippen LogP contribution in [0.1, 0.15) is 37.7 Å². The second-order valence-corrected chi connectivity index (χ2v) is 7.58. The topological polar surface area (TPSA) is 24.5 Å². The SMILES string of the molecule is c1cc2cc(c1)-c1ccccc1OCC1CCCN1CCCCCNC2. The van der Waals surface area contributed by atoms with E-state index >= 15 is 0 Å². The molecule has 0 aromatic heterocycles. The summed E-state index contributed by atoms with van der Waals surface area (Å²) in [6.07, 6.45) is 6.43. The summed E-state index contributed by atoms with van der Waals surface area (Å²) < 4.78 is 6.34. The van der Waals surface area contributed by atoms with Gasteiger partial charge in [-0.2, -0.15) is 0 Å². The fraction of sp³-hybridized carbons (Fsp3) is 0.478. The van der Waals surface area contributed by atoms with Crippen LogP contribution in [0.3, 0.4) is 0 Å². The normalized spacial score (nSPS) is 22.2. The molecule has 2 aliphatic rings. The number of hydrogen-bond donors (Lipinski definition) is 1. The van der Waals surface area contributed by atoms with Gasteiger partial charge in [-0.25, -0.2) is 0 Å². The van der Waals surface area contributed by atoms with Crippen LogP contribution in [0.2, 0.25) is 0 Å². The molecule has 0 amide bonds. The van der Waals surface area contributed by atoms with Gasteiger partial charge in [0.05, 0.1) is 0 Å². The molecule has 3 heteroatoms. The zero-order chi connectivity index (χ0) is 17.6. The molecule has 1 N–H and O–H groups in total. The summed E-state index contributed by atoms with van der Waals surface area (Å²) in [5, 5.41) is 3.60. The standard InChI is InChI=1S/C23H30N2O/c1-4-13-24-17-19-8-6-9-20(16-19)22-11-2-3-12-23(22)26-18-21-10-7-15-25(21)14-5-1/h2-3,6,8-9,11-12,16,21,24H,1,4-5,7,10,13-15,17-18H2. The molecule has 1 fully saturated rings. The number of benzene rings is 2. The molecule has 2 heterocycles. The minimum Gasteiger partial charge on any atom is -0.491 e. The summed E-state index contributed by atoms with van der Waals surface area (Å²) in [6.45, 7) is 5.29. The highest BCUT2D eigenvalue weighted by Gasteiger charge is 2.24. The minimum absolute atomic E-state index is 0.570. The van der Waals surface area contributed by atoms with Crippen LogP contribution in [-0.4, -0.2) is 37.2 Å². The van der Waals surface area contributed by atoms with Crippen LogP contribution in [0.5, 0.6) is 5.75 Å². The van der Waals surface area contributed by atoms with Crippen molar-refractivity contribution in [1.82, 2.24) is 10.2 Å². The quantitative estimate of drug-likeness (QED) is 0.759. The lowest BCUT2D eigenvalue weighted by molar-refractivity contribution is 0.171. The Morgan fingerprint density at radius 3 is 2.85 bits per heavy atom. The number of ether oxygens (including phenoxy) is 1. The van der Waals surface area contributed by atoms with Gasteiger partial charge in [0.25, 0.3) is 0 Å². The summed E-state index contributed by atoms with van der Waals surface area (Å²) in [7, 11) is 0. The van der Waals surface area contributed by atoms with E-state index in [-0.39, 0.29) is 0 Å². The molecule has 2 aromatic carbocycles. The summed E-state index contributed by atoms with van der Waals surface area (Å²) in [4.78, 5) is 2.64. The van der Waals surface area contributed by atoms with Crippen molar-refractivity contribution in [3.8, 4) is 16.9 Å². The summed E-state index contributed by atoms with van der Waals surface area (Å²) >= 11 is 0. The maximum Gasteiger partial charge on any atom is 0.127 e. The predicted molar refractivity (Wildman–Crippen MR) is 108 cm³/mol. The maximum absolute atomic E-state index is 6.34. The molecule has 0 aliphatic carbocycles. The number of nitrogens with zero attached hydrogens (tertiary/aromatic N) is 1. The molecule has 2 aliphatic heterocycles. The summed E-state index contributed by atoms with van der Waals surface area (Å²) in [5.74, 6) is 1.01. The zero-order valence-corrected chi connectivity index (χ0v) is 15.6. The molecule has 0 saturated carbocycles. The molecule has 0 spiro atoms. The number of para-hydroxylation sites is 1. The zero-order valence-electron chi connectivity index (χ0n) is 15.6. The lowest BCUT2D eigenvalue weighted by Gasteiger charge is -2.25. The Morgan fingerprint density at radius 2 is 1.85 bits per heavy atom. The van der Waals surface area contributed by atoms with Gasteiger partial charge in [0, 0.05) is 18.2 Å². The maximum atomic E-state index is 6.34. The molecule has 26 heavy (non-hydrogen) atoms. The smallest absolute Gasteiger partial charge is 0.127 e. The average molecular weight is 351 g/mol. The Kier molecular flexibility index (Phi) is 5.88. The van der Waals surface area contributed by atoms with E-state index < -0.39 is 0 Å². The Balaban J connectivity index is 1.59. The van der Waals surface area contributed by atoms with Crippen molar-refractivity contribution in [2.24, 2.45) is 0 Å². The fourth-order valence-electron chi connectivity index (χ4n) is 4.22. The molecule has 1 unspecified atom stereocenters. The van der Waals surface area contributed by atoms with Crippen LogP contribution in [0.4, 0.5) is 0 Å². The van der Waals surface area contributed by atoms with Gasteiger partial charge in [-0.15, -0.1) is 0 Å². The number of fused-ring (bicyclic) bond motifs is 5. The summed E-state index contributed by atoms with van der Waals surface area (Å²) in [6, 6.07) is 17.9. The average Bonchev–Trinajstić information content (AvgIpc) is 3.13. The molecule has 2 aromatic rings. The van der Waals surface area contributed by atoms with E-state index in [1.54, 1.807) is 0 Å². The van der Waals surface area contributed by atoms with Crippen molar-refractivity contribution >= 4 is 0 Å². The van der Waals surface area contributed by atoms with Crippen LogP contribution in [0.15, 0.2) is 48.5 Å². The first-order chi connectivity index (χ1) is 12.9. The molecular weight excluding hydrogens is 320 g/mol. The second-order valence-electron chi connectivity index (χ2n) is 7.58. The third-order valence-corrected chi connectivity index (χ3v) is 5.68. The van der Waals surface area contributed by atoms with Gasteiger partial charge in [-0.1, -0.05) is 42.8 Å². The molecule has 1 atom stereocenters. The first kappa shape index (κ1) is 17.6. The van der Waals surface area contributed by atoms with Crippen molar-refractivity contribution in [3.63, 3.8) is 0 Å². The van der Waals surface area contributed by atoms with E-state index in [1.165, 1.54) is 61.9 Å². The Bertz CT molecular complexity index is 715. The largest absolute Gasteiger partial charge is 0.491 e. The third kappa shape index (κ3) is 4.28. The van der Waals surface area contributed by atoms with E-state index in [0.717, 1.165) is 25.4 Å². The number of rotatable bonds is 0. The van der Waals surface area contributed by atoms with E-state index in [1.807, 2.05) is 0 Å². The second kappa shape index (κ2) is 8.70. The lowest BCUT2D eigenvalue weighted by atomic mass is 10.0. The minimum atomic E-state index is 0.570. The van der Waals surface area contributed by atoms with Crippen LogP contribution in [0, 0.1) is 0 Å². The van der Waals surface area contributed by atoms with E-state index in [4.69, 9.17) is 4.74 Å². The Labute approximate surface area is 157 Å². The fourth-order valence-corrected chi connectivity index (χ4v) is 4.22. The molecule has 138 valence electrons. The van der Waals surface area contributed by atoms with Crippen molar-refractivity contribution in [1.29, 1.82) is 0 Å². The van der Waals surface area contributed by atoms with Crippen LogP contribution in [-0.2, 0) is 6.54 Å². The molecule has 2 bridgehead atoms. The first-order valence-corrected chi connectivity index (χ1v) is 10.2.